The number of fused-ring (bicyclic) bond motifs is 1. The molecule has 27 heavy (non-hydrogen) atoms. The van der Waals surface area contributed by atoms with Gasteiger partial charge in [-0.15, -0.1) is 0 Å². The number of benzene rings is 1. The molecule has 0 bridgehead atoms. The van der Waals surface area contributed by atoms with Gasteiger partial charge in [-0.2, -0.15) is 5.10 Å². The summed E-state index contributed by atoms with van der Waals surface area (Å²) in [6.45, 7) is 2.48. The molecule has 0 amide bonds. The number of nitrogens with zero attached hydrogens (tertiary/aromatic N) is 3. The number of aromatic nitrogens is 4. The van der Waals surface area contributed by atoms with Crippen LogP contribution in [0.25, 0.3) is 11.0 Å². The number of methoxy groups -OCH3 is 1. The van der Waals surface area contributed by atoms with E-state index in [0.717, 1.165) is 5.56 Å². The second kappa shape index (κ2) is 9.18. The van der Waals surface area contributed by atoms with Crippen LogP contribution < -0.4 is 10.9 Å². The number of anilines is 1. The van der Waals surface area contributed by atoms with Crippen molar-refractivity contribution in [2.75, 3.05) is 32.2 Å². The largest absolute Gasteiger partial charge is 0.382 e. The van der Waals surface area contributed by atoms with Crippen molar-refractivity contribution in [2.45, 2.75) is 13.1 Å². The summed E-state index contributed by atoms with van der Waals surface area (Å²) in [5, 5.41) is 8.29. The molecule has 0 fully saturated rings. The van der Waals surface area contributed by atoms with E-state index in [4.69, 9.17) is 32.7 Å². The molecule has 0 aliphatic carbocycles. The van der Waals surface area contributed by atoms with Crippen LogP contribution in [0.1, 0.15) is 5.56 Å². The molecule has 0 saturated carbocycles. The van der Waals surface area contributed by atoms with Gasteiger partial charge in [0.1, 0.15) is 5.52 Å². The summed E-state index contributed by atoms with van der Waals surface area (Å²) in [6.07, 6.45) is 1.72. The van der Waals surface area contributed by atoms with Gasteiger partial charge < -0.3 is 14.8 Å². The van der Waals surface area contributed by atoms with Crippen molar-refractivity contribution in [3.63, 3.8) is 0 Å². The predicted molar refractivity (Wildman–Crippen MR) is 105 cm³/mol. The molecule has 0 unspecified atom stereocenters. The highest BCUT2D eigenvalue weighted by molar-refractivity contribution is 6.42. The Morgan fingerprint density at radius 1 is 1.22 bits per heavy atom. The van der Waals surface area contributed by atoms with Gasteiger partial charge in [0.15, 0.2) is 5.52 Å². The predicted octanol–water partition coefficient (Wildman–Crippen LogP) is 2.70. The van der Waals surface area contributed by atoms with Crippen molar-refractivity contribution < 1.29 is 9.47 Å². The average Bonchev–Trinajstić information content (AvgIpc) is 3.06. The molecule has 0 radical (unpaired) electrons. The zero-order valence-corrected chi connectivity index (χ0v) is 16.2. The van der Waals surface area contributed by atoms with Crippen LogP contribution >= 0.6 is 23.2 Å². The first-order valence-corrected chi connectivity index (χ1v) is 9.04. The molecule has 3 aromatic rings. The van der Waals surface area contributed by atoms with E-state index in [1.54, 1.807) is 30.1 Å². The standard InChI is InChI=1S/C17H19Cl2N5O3/c1-26-6-7-27-5-4-24-10-14-15(23-24)16(25)22-17(21-14)20-9-11-2-3-12(18)13(19)8-11/h2-3,8,10H,4-7,9H2,1H3,(H2,20,21,22,25). The molecule has 0 aliphatic heterocycles. The quantitative estimate of drug-likeness (QED) is 0.525. The topological polar surface area (TPSA) is 94.1 Å². The van der Waals surface area contributed by atoms with Crippen LogP contribution in [0, 0.1) is 0 Å². The first-order valence-electron chi connectivity index (χ1n) is 8.29. The Hall–Kier alpha value is -2.13. The molecular weight excluding hydrogens is 393 g/mol. The summed E-state index contributed by atoms with van der Waals surface area (Å²) in [4.78, 5) is 19.3. The maximum atomic E-state index is 12.2. The van der Waals surface area contributed by atoms with Crippen molar-refractivity contribution in [3.8, 4) is 0 Å². The fourth-order valence-corrected chi connectivity index (χ4v) is 2.73. The Morgan fingerprint density at radius 2 is 2.07 bits per heavy atom. The number of nitrogens with one attached hydrogen (secondary N) is 2. The van der Waals surface area contributed by atoms with Crippen LogP contribution in [0.2, 0.25) is 10.0 Å². The molecule has 0 atom stereocenters. The van der Waals surface area contributed by atoms with Gasteiger partial charge in [0.2, 0.25) is 5.95 Å². The fraction of sp³-hybridized carbons (Fsp3) is 0.353. The molecule has 8 nitrogen and oxygen atoms in total. The van der Waals surface area contributed by atoms with Gasteiger partial charge in [0, 0.05) is 13.7 Å². The lowest BCUT2D eigenvalue weighted by molar-refractivity contribution is 0.0655. The van der Waals surface area contributed by atoms with E-state index in [2.05, 4.69) is 20.4 Å². The van der Waals surface area contributed by atoms with Gasteiger partial charge in [-0.1, -0.05) is 29.3 Å². The minimum Gasteiger partial charge on any atom is -0.382 e. The Balaban J connectivity index is 1.66. The zero-order chi connectivity index (χ0) is 19.2. The van der Waals surface area contributed by atoms with E-state index >= 15 is 0 Å². The number of rotatable bonds is 9. The van der Waals surface area contributed by atoms with Crippen LogP contribution in [0.5, 0.6) is 0 Å². The third-order valence-electron chi connectivity index (χ3n) is 3.76. The molecular formula is C17H19Cl2N5O3. The maximum Gasteiger partial charge on any atom is 0.280 e. The van der Waals surface area contributed by atoms with Crippen LogP contribution in [0.15, 0.2) is 29.2 Å². The Labute approximate surface area is 165 Å². The summed E-state index contributed by atoms with van der Waals surface area (Å²) in [5.41, 5.74) is 1.39. The second-order valence-corrected chi connectivity index (χ2v) is 6.56. The maximum absolute atomic E-state index is 12.2. The van der Waals surface area contributed by atoms with Crippen molar-refractivity contribution in [2.24, 2.45) is 0 Å². The van der Waals surface area contributed by atoms with Crippen LogP contribution in [-0.4, -0.2) is 46.7 Å². The molecule has 2 aromatic heterocycles. The lowest BCUT2D eigenvalue weighted by Crippen LogP contribution is -2.13. The molecule has 2 heterocycles. The summed E-state index contributed by atoms with van der Waals surface area (Å²) in [7, 11) is 1.62. The fourth-order valence-electron chi connectivity index (χ4n) is 2.41. The number of hydrogen-bond acceptors (Lipinski definition) is 6. The SMILES string of the molecule is COCCOCCn1cc2nc(NCc3ccc(Cl)c(Cl)c3)[nH]c(=O)c2n1. The third-order valence-corrected chi connectivity index (χ3v) is 4.50. The van der Waals surface area contributed by atoms with E-state index in [0.29, 0.717) is 54.4 Å². The lowest BCUT2D eigenvalue weighted by atomic mass is 10.2. The van der Waals surface area contributed by atoms with Crippen molar-refractivity contribution >= 4 is 40.2 Å². The summed E-state index contributed by atoms with van der Waals surface area (Å²) < 4.78 is 12.0. The Kier molecular flexibility index (Phi) is 6.68. The Bertz CT molecular complexity index is 973. The number of aromatic amines is 1. The van der Waals surface area contributed by atoms with Crippen LogP contribution in [0.3, 0.4) is 0 Å². The Morgan fingerprint density at radius 3 is 2.85 bits per heavy atom. The second-order valence-electron chi connectivity index (χ2n) is 5.75. The average molecular weight is 412 g/mol. The van der Waals surface area contributed by atoms with Crippen molar-refractivity contribution in [1.29, 1.82) is 0 Å². The first-order chi connectivity index (χ1) is 13.1. The van der Waals surface area contributed by atoms with Gasteiger partial charge in [-0.3, -0.25) is 14.5 Å². The minimum absolute atomic E-state index is 0.284. The number of halogens is 2. The van der Waals surface area contributed by atoms with Gasteiger partial charge in [0.25, 0.3) is 5.56 Å². The monoisotopic (exact) mass is 411 g/mol. The molecule has 0 saturated heterocycles. The van der Waals surface area contributed by atoms with Gasteiger partial charge in [-0.05, 0) is 17.7 Å². The van der Waals surface area contributed by atoms with E-state index in [1.807, 2.05) is 6.07 Å². The highest BCUT2D eigenvalue weighted by atomic mass is 35.5. The normalized spacial score (nSPS) is 11.2. The zero-order valence-electron chi connectivity index (χ0n) is 14.7. The van der Waals surface area contributed by atoms with Crippen molar-refractivity contribution in [1.82, 2.24) is 19.7 Å². The first kappa shape index (κ1) is 19.6. The minimum atomic E-state index is -0.310. The summed E-state index contributed by atoms with van der Waals surface area (Å²) >= 11 is 11.9. The highest BCUT2D eigenvalue weighted by Gasteiger charge is 2.09. The van der Waals surface area contributed by atoms with Crippen molar-refractivity contribution in [3.05, 3.63) is 50.4 Å². The highest BCUT2D eigenvalue weighted by Crippen LogP contribution is 2.22. The van der Waals surface area contributed by atoms with E-state index in [1.165, 1.54) is 0 Å². The number of ether oxygens (including phenoxy) is 2. The summed E-state index contributed by atoms with van der Waals surface area (Å²) in [5.74, 6) is 0.356. The van der Waals surface area contributed by atoms with Gasteiger partial charge >= 0.3 is 0 Å². The summed E-state index contributed by atoms with van der Waals surface area (Å²) in [6, 6.07) is 5.33. The number of H-pyrrole nitrogens is 1. The van der Waals surface area contributed by atoms with Gasteiger partial charge in [0.05, 0.1) is 42.6 Å². The number of hydrogen-bond donors (Lipinski definition) is 2. The smallest absolute Gasteiger partial charge is 0.280 e. The molecule has 2 N–H and O–H groups in total. The molecule has 0 spiro atoms. The van der Waals surface area contributed by atoms with E-state index < -0.39 is 0 Å². The lowest BCUT2D eigenvalue weighted by Gasteiger charge is -2.06. The molecule has 10 heteroatoms. The van der Waals surface area contributed by atoms with E-state index in [-0.39, 0.29) is 11.1 Å². The molecule has 0 aliphatic rings. The molecule has 1 aromatic carbocycles. The van der Waals surface area contributed by atoms with Crippen LogP contribution in [-0.2, 0) is 22.6 Å². The van der Waals surface area contributed by atoms with Crippen LogP contribution in [0.4, 0.5) is 5.95 Å². The molecule has 144 valence electrons. The van der Waals surface area contributed by atoms with E-state index in [9.17, 15) is 4.79 Å². The third kappa shape index (κ3) is 5.20. The van der Waals surface area contributed by atoms with Gasteiger partial charge in [-0.25, -0.2) is 4.98 Å². The molecule has 3 rings (SSSR count).